The zero-order valence-corrected chi connectivity index (χ0v) is 16.0. The summed E-state index contributed by atoms with van der Waals surface area (Å²) < 4.78 is 1.48. The van der Waals surface area contributed by atoms with Crippen LogP contribution in [0.25, 0.3) is 5.69 Å². The number of non-ortho nitro benzene ring substituents is 1. The van der Waals surface area contributed by atoms with E-state index >= 15 is 0 Å². The minimum absolute atomic E-state index is 0.0247. The number of amides is 1. The molecule has 4 rings (SSSR count). The zero-order valence-electron chi connectivity index (χ0n) is 16.0. The van der Waals surface area contributed by atoms with Gasteiger partial charge in [-0.3, -0.25) is 19.8 Å². The number of hydrogen-bond donors (Lipinski definition) is 0. The molecule has 2 aliphatic rings. The molecule has 1 aromatic heterocycles. The lowest BCUT2D eigenvalue weighted by molar-refractivity contribution is -0.384. The Kier molecular flexibility index (Phi) is 5.08. The van der Waals surface area contributed by atoms with Crippen LogP contribution in [0.2, 0.25) is 0 Å². The van der Waals surface area contributed by atoms with Gasteiger partial charge in [0.1, 0.15) is 0 Å². The Balaban J connectivity index is 1.47. The molecule has 148 valence electrons. The molecule has 1 amide bonds. The van der Waals surface area contributed by atoms with Gasteiger partial charge in [0.25, 0.3) is 11.6 Å². The fourth-order valence-corrected chi connectivity index (χ4v) is 4.22. The third-order valence-corrected chi connectivity index (χ3v) is 5.82. The molecular weight excluding hydrogens is 360 g/mol. The van der Waals surface area contributed by atoms with Crippen molar-refractivity contribution in [3.63, 3.8) is 0 Å². The van der Waals surface area contributed by atoms with Crippen LogP contribution in [-0.2, 0) is 0 Å². The largest absolute Gasteiger partial charge is 0.335 e. The monoisotopic (exact) mass is 384 g/mol. The molecule has 0 unspecified atom stereocenters. The van der Waals surface area contributed by atoms with Gasteiger partial charge in [-0.25, -0.2) is 4.68 Å². The van der Waals surface area contributed by atoms with Gasteiger partial charge >= 0.3 is 0 Å². The van der Waals surface area contributed by atoms with Gasteiger partial charge in [0.05, 0.1) is 16.3 Å². The van der Waals surface area contributed by atoms with Crippen molar-refractivity contribution in [3.05, 3.63) is 45.8 Å². The first-order valence-corrected chi connectivity index (χ1v) is 9.75. The fraction of sp³-hybridized carbons (Fsp3) is 0.526. The predicted octanol–water partition coefficient (Wildman–Crippen LogP) is 2.18. The molecule has 28 heavy (non-hydrogen) atoms. The number of nitrogens with zero attached hydrogens (tertiary/aromatic N) is 6. The molecule has 1 saturated heterocycles. The molecule has 0 atom stereocenters. The molecule has 2 fully saturated rings. The summed E-state index contributed by atoms with van der Waals surface area (Å²) in [7, 11) is 0. The SMILES string of the molecule is Cc1c(C(=O)N2CCN(C3CCCC3)CC2)nnn1-c1cccc([N+](=O)[O-])c1. The van der Waals surface area contributed by atoms with Gasteiger partial charge < -0.3 is 4.90 Å². The first-order chi connectivity index (χ1) is 13.5. The number of rotatable bonds is 4. The van der Waals surface area contributed by atoms with Crippen molar-refractivity contribution in [1.82, 2.24) is 24.8 Å². The van der Waals surface area contributed by atoms with Crippen molar-refractivity contribution < 1.29 is 9.72 Å². The van der Waals surface area contributed by atoms with Gasteiger partial charge in [0.2, 0.25) is 0 Å². The number of nitro groups is 1. The lowest BCUT2D eigenvalue weighted by atomic mass is 10.1. The lowest BCUT2D eigenvalue weighted by Crippen LogP contribution is -2.51. The third kappa shape index (κ3) is 3.49. The van der Waals surface area contributed by atoms with Gasteiger partial charge in [0.15, 0.2) is 5.69 Å². The smallest absolute Gasteiger partial charge is 0.276 e. The maximum Gasteiger partial charge on any atom is 0.276 e. The normalized spacial score (nSPS) is 18.5. The summed E-state index contributed by atoms with van der Waals surface area (Å²) in [5.74, 6) is -0.125. The highest BCUT2D eigenvalue weighted by Crippen LogP contribution is 2.25. The molecule has 2 aromatic rings. The number of hydrogen-bond acceptors (Lipinski definition) is 6. The zero-order chi connectivity index (χ0) is 19.7. The Bertz CT molecular complexity index is 882. The highest BCUT2D eigenvalue weighted by atomic mass is 16.6. The third-order valence-electron chi connectivity index (χ3n) is 5.82. The quantitative estimate of drug-likeness (QED) is 0.592. The molecular formula is C19H24N6O3. The number of piperazine rings is 1. The van der Waals surface area contributed by atoms with Crippen LogP contribution >= 0.6 is 0 Å². The van der Waals surface area contributed by atoms with E-state index in [2.05, 4.69) is 15.2 Å². The molecule has 2 heterocycles. The molecule has 0 N–H and O–H groups in total. The van der Waals surface area contributed by atoms with Crippen LogP contribution < -0.4 is 0 Å². The number of carbonyl (C=O) groups excluding carboxylic acids is 1. The van der Waals surface area contributed by atoms with Crippen LogP contribution in [0.3, 0.4) is 0 Å². The Labute approximate surface area is 163 Å². The first-order valence-electron chi connectivity index (χ1n) is 9.75. The van der Waals surface area contributed by atoms with Crippen molar-refractivity contribution in [2.75, 3.05) is 26.2 Å². The van der Waals surface area contributed by atoms with Crippen LogP contribution in [0.15, 0.2) is 24.3 Å². The number of benzene rings is 1. The van der Waals surface area contributed by atoms with Crippen LogP contribution in [0.1, 0.15) is 41.9 Å². The van der Waals surface area contributed by atoms with Crippen LogP contribution in [-0.4, -0.2) is 67.8 Å². The van der Waals surface area contributed by atoms with Crippen LogP contribution in [0.5, 0.6) is 0 Å². The maximum absolute atomic E-state index is 13.0. The summed E-state index contributed by atoms with van der Waals surface area (Å²) in [5, 5.41) is 19.1. The van der Waals surface area contributed by atoms with Crippen molar-refractivity contribution >= 4 is 11.6 Å². The van der Waals surface area contributed by atoms with Crippen molar-refractivity contribution in [1.29, 1.82) is 0 Å². The van der Waals surface area contributed by atoms with Gasteiger partial charge in [-0.2, -0.15) is 0 Å². The summed E-state index contributed by atoms with van der Waals surface area (Å²) in [6.07, 6.45) is 5.16. The molecule has 1 saturated carbocycles. The van der Waals surface area contributed by atoms with E-state index in [1.807, 2.05) is 4.90 Å². The van der Waals surface area contributed by atoms with Gasteiger partial charge in [-0.15, -0.1) is 5.10 Å². The van der Waals surface area contributed by atoms with Crippen LogP contribution in [0.4, 0.5) is 5.69 Å². The summed E-state index contributed by atoms with van der Waals surface area (Å²) in [4.78, 5) is 27.8. The van der Waals surface area contributed by atoms with Gasteiger partial charge in [-0.1, -0.05) is 24.1 Å². The van der Waals surface area contributed by atoms with Crippen LogP contribution in [0, 0.1) is 17.0 Å². The van der Waals surface area contributed by atoms with E-state index in [9.17, 15) is 14.9 Å². The number of carbonyl (C=O) groups is 1. The highest BCUT2D eigenvalue weighted by molar-refractivity contribution is 5.93. The maximum atomic E-state index is 13.0. The predicted molar refractivity (Wildman–Crippen MR) is 102 cm³/mol. The molecule has 0 spiro atoms. The van der Waals surface area contributed by atoms with Gasteiger partial charge in [-0.05, 0) is 25.8 Å². The first kappa shape index (κ1) is 18.5. The molecule has 1 aromatic carbocycles. The molecule has 0 bridgehead atoms. The molecule has 1 aliphatic carbocycles. The Hall–Kier alpha value is -2.81. The van der Waals surface area contributed by atoms with Crippen molar-refractivity contribution in [3.8, 4) is 5.69 Å². The van der Waals surface area contributed by atoms with Crippen molar-refractivity contribution in [2.24, 2.45) is 0 Å². The highest BCUT2D eigenvalue weighted by Gasteiger charge is 2.30. The van der Waals surface area contributed by atoms with E-state index < -0.39 is 4.92 Å². The second-order valence-electron chi connectivity index (χ2n) is 7.48. The molecule has 9 heteroatoms. The van der Waals surface area contributed by atoms with E-state index in [0.29, 0.717) is 36.2 Å². The molecule has 0 radical (unpaired) electrons. The van der Waals surface area contributed by atoms with E-state index in [4.69, 9.17) is 0 Å². The summed E-state index contributed by atoms with van der Waals surface area (Å²) >= 11 is 0. The van der Waals surface area contributed by atoms with E-state index in [1.165, 1.54) is 42.5 Å². The Morgan fingerprint density at radius 3 is 2.57 bits per heavy atom. The Morgan fingerprint density at radius 2 is 1.89 bits per heavy atom. The van der Waals surface area contributed by atoms with E-state index in [0.717, 1.165) is 13.1 Å². The minimum Gasteiger partial charge on any atom is -0.335 e. The average Bonchev–Trinajstić information content (AvgIpc) is 3.38. The topological polar surface area (TPSA) is 97.4 Å². The summed E-state index contributed by atoms with van der Waals surface area (Å²) in [5.41, 5.74) is 1.39. The summed E-state index contributed by atoms with van der Waals surface area (Å²) in [6, 6.07) is 6.83. The fourth-order valence-electron chi connectivity index (χ4n) is 4.22. The van der Waals surface area contributed by atoms with E-state index in [-0.39, 0.29) is 11.6 Å². The number of aromatic nitrogens is 3. The summed E-state index contributed by atoms with van der Waals surface area (Å²) in [6.45, 7) is 4.95. The van der Waals surface area contributed by atoms with E-state index in [1.54, 1.807) is 19.1 Å². The minimum atomic E-state index is -0.453. The molecule has 9 nitrogen and oxygen atoms in total. The second-order valence-corrected chi connectivity index (χ2v) is 7.48. The standard InChI is InChI=1S/C19H24N6O3/c1-14-18(20-21-24(14)16-7-4-8-17(13-16)25(27)28)19(26)23-11-9-22(10-12-23)15-5-2-3-6-15/h4,7-8,13,15H,2-3,5-6,9-12H2,1H3. The molecule has 1 aliphatic heterocycles. The second kappa shape index (κ2) is 7.67. The van der Waals surface area contributed by atoms with Crippen molar-refractivity contribution in [2.45, 2.75) is 38.6 Å². The Morgan fingerprint density at radius 1 is 1.18 bits per heavy atom. The van der Waals surface area contributed by atoms with Gasteiger partial charge in [0, 0.05) is 44.4 Å². The lowest BCUT2D eigenvalue weighted by Gasteiger charge is -2.37. The average molecular weight is 384 g/mol. The number of nitro benzene ring substituents is 1.